The van der Waals surface area contributed by atoms with Crippen LogP contribution in [0.25, 0.3) is 0 Å². The molecular formula is C11H14F2N2O4. The van der Waals surface area contributed by atoms with Gasteiger partial charge in [-0.05, 0) is 12.1 Å². The highest BCUT2D eigenvalue weighted by atomic mass is 19.3. The molecule has 1 heterocycles. The number of aliphatic carboxylic acids is 1. The molecule has 0 spiro atoms. The maximum atomic E-state index is 11.7. The van der Waals surface area contributed by atoms with Gasteiger partial charge in [0.2, 0.25) is 0 Å². The molecule has 1 amide bonds. The molecule has 19 heavy (non-hydrogen) atoms. The summed E-state index contributed by atoms with van der Waals surface area (Å²) in [6, 6.07) is 3.02. The lowest BCUT2D eigenvalue weighted by atomic mass is 10.4. The van der Waals surface area contributed by atoms with Gasteiger partial charge in [0.05, 0.1) is 6.61 Å². The molecule has 0 unspecified atom stereocenters. The van der Waals surface area contributed by atoms with Gasteiger partial charge in [-0.25, -0.2) is 8.78 Å². The van der Waals surface area contributed by atoms with Crippen molar-refractivity contribution in [2.24, 2.45) is 0 Å². The molecule has 1 rings (SSSR count). The van der Waals surface area contributed by atoms with Gasteiger partial charge in [-0.2, -0.15) is 0 Å². The highest BCUT2D eigenvalue weighted by Gasteiger charge is 2.12. The first-order chi connectivity index (χ1) is 9.00. The molecule has 0 bridgehead atoms. The van der Waals surface area contributed by atoms with Crippen LogP contribution in [-0.4, -0.2) is 47.7 Å². The van der Waals surface area contributed by atoms with Gasteiger partial charge in [-0.15, -0.1) is 0 Å². The number of carboxylic acids is 1. The molecule has 106 valence electrons. The van der Waals surface area contributed by atoms with Crippen molar-refractivity contribution >= 4 is 11.9 Å². The first-order valence-electron chi connectivity index (χ1n) is 5.51. The van der Waals surface area contributed by atoms with Gasteiger partial charge in [-0.3, -0.25) is 9.59 Å². The molecule has 0 aliphatic rings. The van der Waals surface area contributed by atoms with Gasteiger partial charge in [0.15, 0.2) is 0 Å². The van der Waals surface area contributed by atoms with Crippen molar-refractivity contribution in [1.29, 1.82) is 0 Å². The van der Waals surface area contributed by atoms with Crippen LogP contribution in [0.15, 0.2) is 18.3 Å². The Morgan fingerprint density at radius 2 is 2.21 bits per heavy atom. The Morgan fingerprint density at radius 1 is 1.47 bits per heavy atom. The summed E-state index contributed by atoms with van der Waals surface area (Å²) in [5, 5.41) is 11.1. The van der Waals surface area contributed by atoms with Gasteiger partial charge in [-0.1, -0.05) is 0 Å². The summed E-state index contributed by atoms with van der Waals surface area (Å²) in [4.78, 5) is 22.2. The molecule has 0 saturated carbocycles. The van der Waals surface area contributed by atoms with Crippen molar-refractivity contribution in [2.45, 2.75) is 13.0 Å². The van der Waals surface area contributed by atoms with Crippen molar-refractivity contribution in [2.75, 3.05) is 19.8 Å². The van der Waals surface area contributed by atoms with E-state index in [9.17, 15) is 18.4 Å². The number of nitrogens with zero attached hydrogens (tertiary/aromatic N) is 1. The maximum absolute atomic E-state index is 11.7. The normalized spacial score (nSPS) is 10.7. The number of carbonyl (C=O) groups excluding carboxylic acids is 1. The standard InChI is InChI=1S/C11H14F2N2O4/c12-9(13)7-19-5-3-14-11(18)8-2-1-4-15(8)6-10(16)17/h1-2,4,9H,3,5-7H2,(H,14,18)(H,16,17). The summed E-state index contributed by atoms with van der Waals surface area (Å²) in [5.41, 5.74) is 0.191. The first kappa shape index (κ1) is 15.1. The second kappa shape index (κ2) is 7.47. The number of ether oxygens (including phenoxy) is 1. The predicted molar refractivity (Wildman–Crippen MR) is 61.2 cm³/mol. The maximum Gasteiger partial charge on any atom is 0.323 e. The number of carbonyl (C=O) groups is 2. The number of aromatic nitrogens is 1. The van der Waals surface area contributed by atoms with E-state index in [1.165, 1.54) is 16.8 Å². The van der Waals surface area contributed by atoms with Gasteiger partial charge in [0.25, 0.3) is 12.3 Å². The molecule has 0 saturated heterocycles. The number of halogens is 2. The Hall–Kier alpha value is -1.96. The van der Waals surface area contributed by atoms with Gasteiger partial charge >= 0.3 is 5.97 Å². The van der Waals surface area contributed by atoms with Gasteiger partial charge in [0, 0.05) is 12.7 Å². The zero-order valence-corrected chi connectivity index (χ0v) is 10.0. The number of rotatable bonds is 8. The lowest BCUT2D eigenvalue weighted by Crippen LogP contribution is -2.30. The number of carboxylic acid groups (broad SMARTS) is 1. The van der Waals surface area contributed by atoms with E-state index >= 15 is 0 Å². The smallest absolute Gasteiger partial charge is 0.323 e. The monoisotopic (exact) mass is 276 g/mol. The van der Waals surface area contributed by atoms with E-state index in [2.05, 4.69) is 10.1 Å². The average molecular weight is 276 g/mol. The number of hydrogen-bond donors (Lipinski definition) is 2. The minimum Gasteiger partial charge on any atom is -0.480 e. The van der Waals surface area contributed by atoms with Crippen molar-refractivity contribution in [1.82, 2.24) is 9.88 Å². The van der Waals surface area contributed by atoms with Crippen LogP contribution in [0.5, 0.6) is 0 Å². The van der Waals surface area contributed by atoms with Crippen molar-refractivity contribution < 1.29 is 28.2 Å². The Bertz CT molecular complexity index is 434. The number of hydrogen-bond acceptors (Lipinski definition) is 3. The third-order valence-electron chi connectivity index (χ3n) is 2.14. The fraction of sp³-hybridized carbons (Fsp3) is 0.455. The van der Waals surface area contributed by atoms with E-state index in [1.54, 1.807) is 6.07 Å². The van der Waals surface area contributed by atoms with Crippen molar-refractivity contribution in [3.8, 4) is 0 Å². The molecule has 0 fully saturated rings. The molecule has 2 N–H and O–H groups in total. The summed E-state index contributed by atoms with van der Waals surface area (Å²) in [7, 11) is 0. The lowest BCUT2D eigenvalue weighted by Gasteiger charge is -2.08. The second-order valence-corrected chi connectivity index (χ2v) is 3.64. The molecule has 0 radical (unpaired) electrons. The molecule has 1 aromatic heterocycles. The van der Waals surface area contributed by atoms with Crippen LogP contribution in [0.3, 0.4) is 0 Å². The van der Waals surface area contributed by atoms with Gasteiger partial charge < -0.3 is 19.7 Å². The van der Waals surface area contributed by atoms with E-state index in [-0.39, 0.29) is 25.4 Å². The summed E-state index contributed by atoms with van der Waals surface area (Å²) >= 11 is 0. The topological polar surface area (TPSA) is 80.6 Å². The quantitative estimate of drug-likeness (QED) is 0.681. The Labute approximate surface area is 108 Å². The number of nitrogens with one attached hydrogen (secondary N) is 1. The molecule has 8 heteroatoms. The lowest BCUT2D eigenvalue weighted by molar-refractivity contribution is -0.137. The molecule has 0 aliphatic carbocycles. The van der Waals surface area contributed by atoms with E-state index in [0.29, 0.717) is 0 Å². The van der Waals surface area contributed by atoms with E-state index in [1.807, 2.05) is 0 Å². The highest BCUT2D eigenvalue weighted by Crippen LogP contribution is 2.02. The Morgan fingerprint density at radius 3 is 2.84 bits per heavy atom. The third kappa shape index (κ3) is 5.47. The molecule has 6 nitrogen and oxygen atoms in total. The average Bonchev–Trinajstić information content (AvgIpc) is 2.75. The fourth-order valence-electron chi connectivity index (χ4n) is 1.40. The van der Waals surface area contributed by atoms with E-state index in [4.69, 9.17) is 5.11 Å². The summed E-state index contributed by atoms with van der Waals surface area (Å²) in [6.45, 7) is -0.956. The van der Waals surface area contributed by atoms with Crippen LogP contribution < -0.4 is 5.32 Å². The highest BCUT2D eigenvalue weighted by molar-refractivity contribution is 5.93. The minimum absolute atomic E-state index is 0.0320. The summed E-state index contributed by atoms with van der Waals surface area (Å²) in [5.74, 6) is -1.54. The molecule has 0 aromatic carbocycles. The van der Waals surface area contributed by atoms with Crippen molar-refractivity contribution in [3.05, 3.63) is 24.0 Å². The molecule has 0 aliphatic heterocycles. The zero-order valence-electron chi connectivity index (χ0n) is 10.0. The summed E-state index contributed by atoms with van der Waals surface area (Å²) < 4.78 is 29.4. The van der Waals surface area contributed by atoms with Crippen molar-refractivity contribution in [3.63, 3.8) is 0 Å². The Balaban J connectivity index is 2.37. The first-order valence-corrected chi connectivity index (χ1v) is 5.51. The van der Waals surface area contributed by atoms with Crippen LogP contribution in [0, 0.1) is 0 Å². The van der Waals surface area contributed by atoms with E-state index in [0.717, 1.165) is 0 Å². The number of amides is 1. The Kier molecular flexibility index (Phi) is 5.94. The second-order valence-electron chi connectivity index (χ2n) is 3.64. The predicted octanol–water partition coefficient (Wildman–Crippen LogP) is 0.584. The molecular weight excluding hydrogens is 262 g/mol. The van der Waals surface area contributed by atoms with Crippen LogP contribution in [0.2, 0.25) is 0 Å². The van der Waals surface area contributed by atoms with Gasteiger partial charge in [0.1, 0.15) is 18.8 Å². The third-order valence-corrected chi connectivity index (χ3v) is 2.14. The zero-order chi connectivity index (χ0) is 14.3. The van der Waals surface area contributed by atoms with Crippen LogP contribution >= 0.6 is 0 Å². The summed E-state index contributed by atoms with van der Waals surface area (Å²) in [6.07, 6.45) is -1.07. The minimum atomic E-state index is -2.54. The van der Waals surface area contributed by atoms with E-state index < -0.39 is 24.9 Å². The van der Waals surface area contributed by atoms with Crippen LogP contribution in [0.4, 0.5) is 8.78 Å². The van der Waals surface area contributed by atoms with Crippen LogP contribution in [0.1, 0.15) is 10.5 Å². The molecule has 1 aromatic rings. The SMILES string of the molecule is O=C(O)Cn1cccc1C(=O)NCCOCC(F)F. The number of alkyl halides is 2. The molecule has 0 atom stereocenters. The largest absolute Gasteiger partial charge is 0.480 e. The fourth-order valence-corrected chi connectivity index (χ4v) is 1.40. The van der Waals surface area contributed by atoms with Crippen LogP contribution in [-0.2, 0) is 16.1 Å².